The average Bonchev–Trinajstić information content (AvgIpc) is 2.85. The Morgan fingerprint density at radius 3 is 2.70 bits per heavy atom. The van der Waals surface area contributed by atoms with Crippen LogP contribution >= 0.6 is 0 Å². The molecule has 0 aliphatic rings. The Labute approximate surface area is 117 Å². The molecule has 2 aromatic rings. The maximum atomic E-state index is 8.61. The van der Waals surface area contributed by atoms with Gasteiger partial charge in [-0.15, -0.1) is 0 Å². The van der Waals surface area contributed by atoms with Crippen molar-refractivity contribution < 1.29 is 5.21 Å². The standard InChI is InChI=1S/C14H19N5O/c1-3-12-13(9-19(2)17-12)16-8-10-4-6-11(7-5-10)14(15)18-20/h4-7,9,16,20H,3,8H2,1-2H3,(H2,15,18). The molecule has 6 nitrogen and oxygen atoms in total. The molecule has 0 radical (unpaired) electrons. The minimum absolute atomic E-state index is 0.116. The van der Waals surface area contributed by atoms with Crippen molar-refractivity contribution in [1.82, 2.24) is 9.78 Å². The number of hydrogen-bond acceptors (Lipinski definition) is 4. The molecule has 0 unspecified atom stereocenters. The van der Waals surface area contributed by atoms with E-state index in [-0.39, 0.29) is 5.84 Å². The third kappa shape index (κ3) is 3.09. The Bertz CT molecular complexity index is 601. The number of rotatable bonds is 5. The Balaban J connectivity index is 2.04. The molecule has 4 N–H and O–H groups in total. The van der Waals surface area contributed by atoms with Crippen LogP contribution in [0.15, 0.2) is 35.6 Å². The van der Waals surface area contributed by atoms with Gasteiger partial charge in [0.05, 0.1) is 11.4 Å². The fourth-order valence-corrected chi connectivity index (χ4v) is 1.99. The summed E-state index contributed by atoms with van der Waals surface area (Å²) in [6, 6.07) is 7.55. The van der Waals surface area contributed by atoms with Gasteiger partial charge in [-0.2, -0.15) is 5.10 Å². The number of aryl methyl sites for hydroxylation is 2. The van der Waals surface area contributed by atoms with Gasteiger partial charge in [-0.1, -0.05) is 36.3 Å². The number of nitrogens with zero attached hydrogens (tertiary/aromatic N) is 3. The number of oxime groups is 1. The SMILES string of the molecule is CCc1nn(C)cc1NCc1ccc(/C(N)=N/O)cc1. The minimum atomic E-state index is 0.116. The number of hydrogen-bond donors (Lipinski definition) is 3. The van der Waals surface area contributed by atoms with Crippen LogP contribution in [0.1, 0.15) is 23.7 Å². The van der Waals surface area contributed by atoms with Crippen LogP contribution < -0.4 is 11.1 Å². The lowest BCUT2D eigenvalue weighted by Gasteiger charge is -2.06. The van der Waals surface area contributed by atoms with E-state index in [0.29, 0.717) is 12.1 Å². The molecular formula is C14H19N5O. The molecule has 1 aromatic heterocycles. The monoisotopic (exact) mass is 273 g/mol. The number of amidine groups is 1. The number of benzene rings is 1. The van der Waals surface area contributed by atoms with Gasteiger partial charge in [0.2, 0.25) is 0 Å². The summed E-state index contributed by atoms with van der Waals surface area (Å²) in [6.07, 6.45) is 2.87. The van der Waals surface area contributed by atoms with Gasteiger partial charge in [0, 0.05) is 25.4 Å². The molecule has 20 heavy (non-hydrogen) atoms. The topological polar surface area (TPSA) is 88.5 Å². The van der Waals surface area contributed by atoms with Crippen molar-refractivity contribution in [3.05, 3.63) is 47.3 Å². The van der Waals surface area contributed by atoms with Crippen LogP contribution in [0.25, 0.3) is 0 Å². The van der Waals surface area contributed by atoms with Crippen LogP contribution in [0.2, 0.25) is 0 Å². The second kappa shape index (κ2) is 6.10. The zero-order valence-corrected chi connectivity index (χ0v) is 11.7. The van der Waals surface area contributed by atoms with Gasteiger partial charge in [0.25, 0.3) is 0 Å². The number of aromatic nitrogens is 2. The van der Waals surface area contributed by atoms with Crippen LogP contribution in [0.5, 0.6) is 0 Å². The van der Waals surface area contributed by atoms with Crippen molar-refractivity contribution >= 4 is 11.5 Å². The van der Waals surface area contributed by atoms with E-state index in [4.69, 9.17) is 10.9 Å². The van der Waals surface area contributed by atoms with Crippen LogP contribution in [0.4, 0.5) is 5.69 Å². The third-order valence-electron chi connectivity index (χ3n) is 3.08. The van der Waals surface area contributed by atoms with Crippen LogP contribution in [-0.2, 0) is 20.0 Å². The molecule has 0 fully saturated rings. The maximum absolute atomic E-state index is 8.61. The predicted octanol–water partition coefficient (Wildman–Crippen LogP) is 1.69. The van der Waals surface area contributed by atoms with E-state index in [2.05, 4.69) is 22.5 Å². The van der Waals surface area contributed by atoms with Crippen LogP contribution in [0.3, 0.4) is 0 Å². The predicted molar refractivity (Wildman–Crippen MR) is 78.9 cm³/mol. The summed E-state index contributed by atoms with van der Waals surface area (Å²) in [7, 11) is 1.91. The number of anilines is 1. The van der Waals surface area contributed by atoms with E-state index in [0.717, 1.165) is 23.4 Å². The van der Waals surface area contributed by atoms with Crippen molar-refractivity contribution in [2.24, 2.45) is 17.9 Å². The molecule has 0 bridgehead atoms. The summed E-state index contributed by atoms with van der Waals surface area (Å²) in [5, 5.41) is 19.3. The lowest BCUT2D eigenvalue weighted by Crippen LogP contribution is -2.13. The average molecular weight is 273 g/mol. The first-order valence-corrected chi connectivity index (χ1v) is 6.47. The lowest BCUT2D eigenvalue weighted by atomic mass is 10.1. The molecule has 2 rings (SSSR count). The van der Waals surface area contributed by atoms with Crippen molar-refractivity contribution in [2.45, 2.75) is 19.9 Å². The van der Waals surface area contributed by atoms with Gasteiger partial charge >= 0.3 is 0 Å². The van der Waals surface area contributed by atoms with Gasteiger partial charge in [0.1, 0.15) is 0 Å². The Hall–Kier alpha value is -2.50. The second-order valence-corrected chi connectivity index (χ2v) is 4.55. The highest BCUT2D eigenvalue weighted by atomic mass is 16.4. The summed E-state index contributed by atoms with van der Waals surface area (Å²) >= 11 is 0. The molecule has 1 aromatic carbocycles. The third-order valence-corrected chi connectivity index (χ3v) is 3.08. The first kappa shape index (κ1) is 13.9. The molecule has 0 amide bonds. The Morgan fingerprint density at radius 1 is 1.40 bits per heavy atom. The molecule has 0 spiro atoms. The summed E-state index contributed by atoms with van der Waals surface area (Å²) in [5.41, 5.74) is 9.45. The fraction of sp³-hybridized carbons (Fsp3) is 0.286. The zero-order chi connectivity index (χ0) is 14.5. The molecule has 0 aliphatic carbocycles. The first-order valence-electron chi connectivity index (χ1n) is 6.47. The zero-order valence-electron chi connectivity index (χ0n) is 11.7. The van der Waals surface area contributed by atoms with Crippen LogP contribution in [-0.4, -0.2) is 20.8 Å². The lowest BCUT2D eigenvalue weighted by molar-refractivity contribution is 0.318. The fourth-order valence-electron chi connectivity index (χ4n) is 1.99. The molecular weight excluding hydrogens is 254 g/mol. The van der Waals surface area contributed by atoms with Crippen molar-refractivity contribution in [1.29, 1.82) is 0 Å². The Kier molecular flexibility index (Phi) is 4.24. The molecule has 6 heteroatoms. The van der Waals surface area contributed by atoms with E-state index in [9.17, 15) is 0 Å². The summed E-state index contributed by atoms with van der Waals surface area (Å²) in [6.45, 7) is 2.79. The number of nitrogens with one attached hydrogen (secondary N) is 1. The maximum Gasteiger partial charge on any atom is 0.170 e. The van der Waals surface area contributed by atoms with Crippen LogP contribution in [0, 0.1) is 0 Å². The quantitative estimate of drug-likeness (QED) is 0.335. The Morgan fingerprint density at radius 2 is 2.10 bits per heavy atom. The first-order chi connectivity index (χ1) is 9.63. The molecule has 0 saturated heterocycles. The second-order valence-electron chi connectivity index (χ2n) is 4.55. The summed E-state index contributed by atoms with van der Waals surface area (Å²) in [5.74, 6) is 0.116. The highest BCUT2D eigenvalue weighted by Gasteiger charge is 2.05. The van der Waals surface area contributed by atoms with Gasteiger partial charge in [-0.05, 0) is 12.0 Å². The van der Waals surface area contributed by atoms with Crippen molar-refractivity contribution in [3.8, 4) is 0 Å². The largest absolute Gasteiger partial charge is 0.409 e. The summed E-state index contributed by atoms with van der Waals surface area (Å²) < 4.78 is 1.81. The molecule has 0 atom stereocenters. The van der Waals surface area contributed by atoms with E-state index in [1.165, 1.54) is 0 Å². The highest BCUT2D eigenvalue weighted by molar-refractivity contribution is 5.96. The normalized spacial score (nSPS) is 11.6. The smallest absolute Gasteiger partial charge is 0.170 e. The van der Waals surface area contributed by atoms with Gasteiger partial charge < -0.3 is 16.3 Å². The van der Waals surface area contributed by atoms with Gasteiger partial charge in [0.15, 0.2) is 5.84 Å². The van der Waals surface area contributed by atoms with Gasteiger partial charge in [-0.3, -0.25) is 4.68 Å². The molecule has 1 heterocycles. The number of nitrogens with two attached hydrogens (primary N) is 1. The van der Waals surface area contributed by atoms with Gasteiger partial charge in [-0.25, -0.2) is 0 Å². The van der Waals surface area contributed by atoms with E-state index in [1.807, 2.05) is 42.2 Å². The molecule has 0 aliphatic heterocycles. The minimum Gasteiger partial charge on any atom is -0.409 e. The van der Waals surface area contributed by atoms with E-state index < -0.39 is 0 Å². The van der Waals surface area contributed by atoms with Crippen molar-refractivity contribution in [3.63, 3.8) is 0 Å². The highest BCUT2D eigenvalue weighted by Crippen LogP contribution is 2.15. The van der Waals surface area contributed by atoms with E-state index >= 15 is 0 Å². The molecule has 106 valence electrons. The van der Waals surface area contributed by atoms with Crippen molar-refractivity contribution in [2.75, 3.05) is 5.32 Å². The van der Waals surface area contributed by atoms with E-state index in [1.54, 1.807) is 0 Å². The molecule has 0 saturated carbocycles. The summed E-state index contributed by atoms with van der Waals surface area (Å²) in [4.78, 5) is 0.